The summed E-state index contributed by atoms with van der Waals surface area (Å²) in [5.41, 5.74) is 1.25. The van der Waals surface area contributed by atoms with Gasteiger partial charge in [-0.3, -0.25) is 10.1 Å². The fraction of sp³-hybridized carbons (Fsp3) is 0.100. The number of rotatable bonds is 6. The Hall–Kier alpha value is -3.30. The van der Waals surface area contributed by atoms with Crippen LogP contribution in [0.2, 0.25) is 5.02 Å². The molecule has 2 heterocycles. The maximum atomic E-state index is 13.1. The lowest BCUT2D eigenvalue weighted by atomic mass is 10.2. The number of aromatic nitrogens is 3. The number of aryl methyl sites for hydroxylation is 1. The molecule has 0 aliphatic rings. The summed E-state index contributed by atoms with van der Waals surface area (Å²) in [5.74, 6) is 0.283. The molecule has 4 rings (SSSR count). The highest BCUT2D eigenvalue weighted by Gasteiger charge is 2.18. The molecule has 0 aliphatic heterocycles. The third-order valence-corrected chi connectivity index (χ3v) is 5.33. The second kappa shape index (κ2) is 8.60. The zero-order valence-corrected chi connectivity index (χ0v) is 17.1. The van der Waals surface area contributed by atoms with Gasteiger partial charge in [0.15, 0.2) is 11.7 Å². The number of nitrogens with one attached hydrogen (secondary N) is 1. The molecular weight excluding hydrogens is 431 g/mol. The molecule has 7 nitrogen and oxygen atoms in total. The van der Waals surface area contributed by atoms with E-state index in [0.717, 1.165) is 0 Å². The highest BCUT2D eigenvalue weighted by atomic mass is 35.5. The summed E-state index contributed by atoms with van der Waals surface area (Å²) in [7, 11) is 0. The molecule has 0 unspecified atom stereocenters. The second-order valence-corrected chi connectivity index (χ2v) is 7.54. The van der Waals surface area contributed by atoms with Crippen molar-refractivity contribution in [3.8, 4) is 27.9 Å². The van der Waals surface area contributed by atoms with Crippen molar-refractivity contribution in [3.63, 3.8) is 0 Å². The Morgan fingerprint density at radius 1 is 1.20 bits per heavy atom. The van der Waals surface area contributed by atoms with Crippen LogP contribution in [0.4, 0.5) is 9.52 Å². The second-order valence-electron chi connectivity index (χ2n) is 6.13. The maximum Gasteiger partial charge on any atom is 0.270 e. The first-order chi connectivity index (χ1) is 14.5. The summed E-state index contributed by atoms with van der Waals surface area (Å²) in [6, 6.07) is 12.7. The van der Waals surface area contributed by atoms with Crippen molar-refractivity contribution in [3.05, 3.63) is 65.1 Å². The summed E-state index contributed by atoms with van der Waals surface area (Å²) >= 11 is 7.20. The average Bonchev–Trinajstić information content (AvgIpc) is 3.34. The molecule has 0 fully saturated rings. The SMILES string of the molecule is Cc1nc(NC(=O)COc2ccccc2Cl)sc1-c1nc(-c2ccc(F)cc2)no1. The average molecular weight is 445 g/mol. The molecule has 2 aromatic carbocycles. The first kappa shape index (κ1) is 20.0. The quantitative estimate of drug-likeness (QED) is 0.451. The number of ether oxygens (including phenoxy) is 1. The third kappa shape index (κ3) is 4.47. The van der Waals surface area contributed by atoms with Gasteiger partial charge in [0.05, 0.1) is 10.7 Å². The molecule has 1 N–H and O–H groups in total. The standard InChI is InChI=1S/C20H14ClFN4O3S/c1-11-17(19-25-18(26-29-19)12-6-8-13(22)9-7-12)30-20(23-11)24-16(27)10-28-15-5-3-2-4-14(15)21/h2-9H,10H2,1H3,(H,23,24,27). The zero-order valence-electron chi connectivity index (χ0n) is 15.6. The number of carbonyl (C=O) groups is 1. The number of carbonyl (C=O) groups excluding carboxylic acids is 1. The van der Waals surface area contributed by atoms with Gasteiger partial charge in [-0.25, -0.2) is 9.37 Å². The van der Waals surface area contributed by atoms with Gasteiger partial charge >= 0.3 is 0 Å². The molecule has 0 bridgehead atoms. The van der Waals surface area contributed by atoms with E-state index in [9.17, 15) is 9.18 Å². The number of halogens is 2. The fourth-order valence-corrected chi connectivity index (χ4v) is 3.64. The lowest BCUT2D eigenvalue weighted by molar-refractivity contribution is -0.118. The van der Waals surface area contributed by atoms with E-state index in [4.69, 9.17) is 20.9 Å². The number of benzene rings is 2. The van der Waals surface area contributed by atoms with E-state index in [1.54, 1.807) is 43.3 Å². The van der Waals surface area contributed by atoms with Gasteiger partial charge in [-0.15, -0.1) is 0 Å². The predicted molar refractivity (Wildman–Crippen MR) is 111 cm³/mol. The topological polar surface area (TPSA) is 90.1 Å². The van der Waals surface area contributed by atoms with Gasteiger partial charge in [0.2, 0.25) is 5.82 Å². The van der Waals surface area contributed by atoms with E-state index in [-0.39, 0.29) is 24.2 Å². The minimum Gasteiger partial charge on any atom is -0.482 e. The lowest BCUT2D eigenvalue weighted by Crippen LogP contribution is -2.20. The van der Waals surface area contributed by atoms with Gasteiger partial charge in [0.25, 0.3) is 11.8 Å². The largest absolute Gasteiger partial charge is 0.482 e. The van der Waals surface area contributed by atoms with Crippen molar-refractivity contribution in [2.24, 2.45) is 0 Å². The van der Waals surface area contributed by atoms with Crippen LogP contribution in [0.15, 0.2) is 53.1 Å². The molecule has 0 saturated carbocycles. The molecule has 0 aliphatic carbocycles. The number of para-hydroxylation sites is 1. The number of amides is 1. The molecule has 2 aromatic heterocycles. The number of hydrogen-bond acceptors (Lipinski definition) is 7. The maximum absolute atomic E-state index is 13.1. The molecule has 10 heteroatoms. The van der Waals surface area contributed by atoms with Crippen LogP contribution in [0.5, 0.6) is 5.75 Å². The van der Waals surface area contributed by atoms with E-state index in [1.807, 2.05) is 0 Å². The Balaban J connectivity index is 1.44. The number of thiazole rings is 1. The van der Waals surface area contributed by atoms with E-state index < -0.39 is 0 Å². The van der Waals surface area contributed by atoms with Crippen molar-refractivity contribution >= 4 is 34.0 Å². The van der Waals surface area contributed by atoms with Crippen molar-refractivity contribution in [1.82, 2.24) is 15.1 Å². The van der Waals surface area contributed by atoms with E-state index in [1.165, 1.54) is 23.5 Å². The molecule has 30 heavy (non-hydrogen) atoms. The monoisotopic (exact) mass is 444 g/mol. The van der Waals surface area contributed by atoms with Gasteiger partial charge in [-0.2, -0.15) is 4.98 Å². The van der Waals surface area contributed by atoms with Gasteiger partial charge in [-0.1, -0.05) is 40.2 Å². The molecular formula is C20H14ClFN4O3S. The van der Waals surface area contributed by atoms with Crippen LogP contribution < -0.4 is 10.1 Å². The molecule has 0 saturated heterocycles. The zero-order chi connectivity index (χ0) is 21.1. The number of nitrogens with zero attached hydrogens (tertiary/aromatic N) is 3. The molecule has 152 valence electrons. The smallest absolute Gasteiger partial charge is 0.270 e. The summed E-state index contributed by atoms with van der Waals surface area (Å²) in [6.07, 6.45) is 0. The summed E-state index contributed by atoms with van der Waals surface area (Å²) < 4.78 is 23.8. The Kier molecular flexibility index (Phi) is 5.73. The highest BCUT2D eigenvalue weighted by molar-refractivity contribution is 7.19. The minimum absolute atomic E-state index is 0.215. The Morgan fingerprint density at radius 3 is 2.73 bits per heavy atom. The van der Waals surface area contributed by atoms with Crippen molar-refractivity contribution in [2.45, 2.75) is 6.92 Å². The van der Waals surface area contributed by atoms with Crippen LogP contribution in [0.25, 0.3) is 22.2 Å². The van der Waals surface area contributed by atoms with Crippen LogP contribution in [0.1, 0.15) is 5.69 Å². The predicted octanol–water partition coefficient (Wildman–Crippen LogP) is 4.98. The fourth-order valence-electron chi connectivity index (χ4n) is 2.54. The lowest BCUT2D eigenvalue weighted by Gasteiger charge is -2.06. The Morgan fingerprint density at radius 2 is 1.97 bits per heavy atom. The van der Waals surface area contributed by atoms with Gasteiger partial charge in [0, 0.05) is 5.56 Å². The van der Waals surface area contributed by atoms with Crippen LogP contribution in [-0.2, 0) is 4.79 Å². The van der Waals surface area contributed by atoms with Gasteiger partial charge in [0.1, 0.15) is 16.4 Å². The van der Waals surface area contributed by atoms with Crippen molar-refractivity contribution in [1.29, 1.82) is 0 Å². The summed E-state index contributed by atoms with van der Waals surface area (Å²) in [4.78, 5) is 21.5. The number of anilines is 1. The molecule has 0 atom stereocenters. The first-order valence-corrected chi connectivity index (χ1v) is 9.93. The minimum atomic E-state index is -0.382. The Bertz CT molecular complexity index is 1190. The molecule has 1 amide bonds. The van der Waals surface area contributed by atoms with E-state index >= 15 is 0 Å². The van der Waals surface area contributed by atoms with Gasteiger partial charge in [-0.05, 0) is 43.3 Å². The molecule has 0 spiro atoms. The van der Waals surface area contributed by atoms with Crippen LogP contribution in [0, 0.1) is 12.7 Å². The Labute approximate surface area is 179 Å². The summed E-state index contributed by atoms with van der Waals surface area (Å²) in [6.45, 7) is 1.55. The van der Waals surface area contributed by atoms with Crippen molar-refractivity contribution in [2.75, 3.05) is 11.9 Å². The first-order valence-electron chi connectivity index (χ1n) is 8.74. The molecule has 0 radical (unpaired) electrons. The highest BCUT2D eigenvalue weighted by Crippen LogP contribution is 2.33. The van der Waals surface area contributed by atoms with Crippen LogP contribution in [0.3, 0.4) is 0 Å². The molecule has 4 aromatic rings. The van der Waals surface area contributed by atoms with Gasteiger partial charge < -0.3 is 9.26 Å². The normalized spacial score (nSPS) is 10.8. The van der Waals surface area contributed by atoms with E-state index in [2.05, 4.69) is 20.4 Å². The van der Waals surface area contributed by atoms with Crippen LogP contribution in [-0.4, -0.2) is 27.6 Å². The van der Waals surface area contributed by atoms with Crippen LogP contribution >= 0.6 is 22.9 Å². The summed E-state index contributed by atoms with van der Waals surface area (Å²) in [5, 5.41) is 7.40. The van der Waals surface area contributed by atoms with E-state index in [0.29, 0.717) is 37.9 Å². The van der Waals surface area contributed by atoms with Crippen molar-refractivity contribution < 1.29 is 18.4 Å². The number of hydrogen-bond donors (Lipinski definition) is 1. The third-order valence-electron chi connectivity index (χ3n) is 3.96.